The molecule has 4 bridgehead atoms. The molecule has 45 heavy (non-hydrogen) atoms. The van der Waals surface area contributed by atoms with Crippen molar-refractivity contribution in [2.75, 3.05) is 6.61 Å². The average molecular weight is 621 g/mol. The van der Waals surface area contributed by atoms with Gasteiger partial charge in [-0.2, -0.15) is 0 Å². The summed E-state index contributed by atoms with van der Waals surface area (Å²) < 4.78 is 6.27. The minimum absolute atomic E-state index is 0.0379. The summed E-state index contributed by atoms with van der Waals surface area (Å²) in [6.45, 7) is 9.56. The first-order chi connectivity index (χ1) is 21.3. The van der Waals surface area contributed by atoms with E-state index in [2.05, 4.69) is 27.7 Å². The summed E-state index contributed by atoms with van der Waals surface area (Å²) in [6.07, 6.45) is 22.1. The van der Waals surface area contributed by atoms with Gasteiger partial charge in [0.15, 0.2) is 0 Å². The molecule has 0 amide bonds. The van der Waals surface area contributed by atoms with Crippen molar-refractivity contribution in [3.05, 3.63) is 0 Å². The summed E-state index contributed by atoms with van der Waals surface area (Å²) in [4.78, 5) is 38.6. The van der Waals surface area contributed by atoms with Crippen LogP contribution in [0.25, 0.3) is 0 Å². The van der Waals surface area contributed by atoms with E-state index < -0.39 is 5.60 Å². The van der Waals surface area contributed by atoms with Crippen LogP contribution in [0.3, 0.4) is 0 Å². The first kappa shape index (κ1) is 31.1. The molecule has 1 N–H and O–H groups in total. The van der Waals surface area contributed by atoms with Crippen LogP contribution >= 0.6 is 0 Å². The topological polar surface area (TPSA) is 80.7 Å². The summed E-state index contributed by atoms with van der Waals surface area (Å²) in [5.41, 5.74) is -0.635. The second-order valence-corrected chi connectivity index (χ2v) is 19.7. The van der Waals surface area contributed by atoms with Crippen LogP contribution in [0, 0.1) is 73.9 Å². The number of esters is 1. The van der Waals surface area contributed by atoms with Gasteiger partial charge in [-0.05, 0) is 160 Å². The quantitative estimate of drug-likeness (QED) is 0.248. The fourth-order valence-electron chi connectivity index (χ4n) is 16.2. The molecule has 0 saturated heterocycles. The first-order valence-electron chi connectivity index (χ1n) is 19.1. The van der Waals surface area contributed by atoms with E-state index in [9.17, 15) is 19.5 Å². The van der Waals surface area contributed by atoms with Crippen LogP contribution in [-0.4, -0.2) is 35.9 Å². The Morgan fingerprint density at radius 3 is 1.89 bits per heavy atom. The number of hydrogen-bond donors (Lipinski definition) is 1. The minimum atomic E-state index is -0.919. The Kier molecular flexibility index (Phi) is 6.84. The average Bonchev–Trinajstić information content (AvgIpc) is 3.40. The highest BCUT2D eigenvalue weighted by Crippen LogP contribution is 2.74. The zero-order valence-corrected chi connectivity index (χ0v) is 28.7. The van der Waals surface area contributed by atoms with E-state index in [1.54, 1.807) is 0 Å². The van der Waals surface area contributed by atoms with E-state index in [1.807, 2.05) is 0 Å². The molecule has 5 heteroatoms. The summed E-state index contributed by atoms with van der Waals surface area (Å²) in [7, 11) is 0. The molecule has 8 saturated carbocycles. The fourth-order valence-corrected chi connectivity index (χ4v) is 16.2. The molecule has 0 aromatic rings. The first-order valence-corrected chi connectivity index (χ1v) is 19.1. The smallest absolute Gasteiger partial charge is 0.309 e. The minimum Gasteiger partial charge on any atom is -0.462 e. The lowest BCUT2D eigenvalue weighted by Gasteiger charge is -2.63. The number of ether oxygens (including phenoxy) is 1. The molecule has 8 aliphatic carbocycles. The van der Waals surface area contributed by atoms with Gasteiger partial charge in [0.1, 0.15) is 24.8 Å². The number of rotatable bonds is 5. The molecule has 8 rings (SSSR count). The maximum atomic E-state index is 14.0. The van der Waals surface area contributed by atoms with E-state index in [0.29, 0.717) is 29.6 Å². The molecule has 8 aliphatic rings. The van der Waals surface area contributed by atoms with Crippen molar-refractivity contribution in [3.63, 3.8) is 0 Å². The van der Waals surface area contributed by atoms with Gasteiger partial charge in [-0.25, -0.2) is 0 Å². The molecule has 0 aromatic heterocycles. The Labute approximate surface area is 271 Å². The molecule has 0 aromatic carbocycles. The second-order valence-electron chi connectivity index (χ2n) is 19.7. The van der Waals surface area contributed by atoms with Crippen LogP contribution in [0.5, 0.6) is 0 Å². The fraction of sp³-hybridized carbons (Fsp3) is 0.925. The van der Waals surface area contributed by atoms with Gasteiger partial charge < -0.3 is 19.4 Å². The monoisotopic (exact) mass is 620 g/mol. The number of carbonyl (C=O) groups is 3. The SMILES string of the molecule is C[C@@]12CCC[C@@](C)(C=O)[C@H]1CCC13C[C@@H](CC[C@H]12)[C@](O)(COC(=O)[C@@H]1C[C@]24CC[C@H]5[C@@](C)(CCC[C@@]5(C)C=O)[C@@H]2CC[C@@H]1C4)C3. The molecular formula is C40H60O5. The van der Waals surface area contributed by atoms with Crippen molar-refractivity contribution >= 4 is 18.5 Å². The summed E-state index contributed by atoms with van der Waals surface area (Å²) in [6, 6.07) is 0. The van der Waals surface area contributed by atoms with Crippen molar-refractivity contribution in [3.8, 4) is 0 Å². The van der Waals surface area contributed by atoms with Crippen molar-refractivity contribution < 1.29 is 24.2 Å². The van der Waals surface area contributed by atoms with E-state index in [0.717, 1.165) is 96.3 Å². The highest BCUT2D eigenvalue weighted by molar-refractivity contribution is 5.73. The molecule has 250 valence electrons. The van der Waals surface area contributed by atoms with Gasteiger partial charge in [-0.15, -0.1) is 0 Å². The molecule has 0 heterocycles. The van der Waals surface area contributed by atoms with E-state index >= 15 is 0 Å². The maximum absolute atomic E-state index is 14.0. The summed E-state index contributed by atoms with van der Waals surface area (Å²) in [5.74, 6) is 2.59. The van der Waals surface area contributed by atoms with Crippen LogP contribution in [-0.2, 0) is 19.1 Å². The van der Waals surface area contributed by atoms with Crippen molar-refractivity contribution in [2.45, 2.75) is 149 Å². The molecule has 0 aliphatic heterocycles. The molecule has 8 fully saturated rings. The largest absolute Gasteiger partial charge is 0.462 e. The number of carbonyl (C=O) groups excluding carboxylic acids is 3. The van der Waals surface area contributed by atoms with Gasteiger partial charge in [-0.3, -0.25) is 4.79 Å². The Morgan fingerprint density at radius 1 is 0.689 bits per heavy atom. The zero-order chi connectivity index (χ0) is 31.7. The summed E-state index contributed by atoms with van der Waals surface area (Å²) >= 11 is 0. The predicted molar refractivity (Wildman–Crippen MR) is 173 cm³/mol. The Hall–Kier alpha value is -1.23. The van der Waals surface area contributed by atoms with E-state index in [4.69, 9.17) is 4.74 Å². The molecule has 5 nitrogen and oxygen atoms in total. The number of aldehydes is 2. The van der Waals surface area contributed by atoms with E-state index in [-0.39, 0.29) is 56.9 Å². The summed E-state index contributed by atoms with van der Waals surface area (Å²) in [5, 5.41) is 12.3. The number of fused-ring (bicyclic) bond motifs is 6. The van der Waals surface area contributed by atoms with Gasteiger partial charge in [0.2, 0.25) is 0 Å². The maximum Gasteiger partial charge on any atom is 0.309 e. The third-order valence-electron chi connectivity index (χ3n) is 17.8. The van der Waals surface area contributed by atoms with Crippen LogP contribution in [0.15, 0.2) is 0 Å². The molecule has 2 spiro atoms. The number of aliphatic hydroxyl groups is 1. The van der Waals surface area contributed by atoms with Gasteiger partial charge in [0, 0.05) is 10.8 Å². The lowest BCUT2D eigenvalue weighted by atomic mass is 9.41. The van der Waals surface area contributed by atoms with Crippen LogP contribution in [0.2, 0.25) is 0 Å². The third kappa shape index (κ3) is 4.09. The van der Waals surface area contributed by atoms with Crippen molar-refractivity contribution in [1.82, 2.24) is 0 Å². The predicted octanol–water partition coefficient (Wildman–Crippen LogP) is 8.10. The van der Waals surface area contributed by atoms with Gasteiger partial charge in [0.05, 0.1) is 5.92 Å². The molecular weight excluding hydrogens is 560 g/mol. The third-order valence-corrected chi connectivity index (χ3v) is 17.8. The van der Waals surface area contributed by atoms with Crippen LogP contribution in [0.1, 0.15) is 143 Å². The van der Waals surface area contributed by atoms with Crippen LogP contribution in [0.4, 0.5) is 0 Å². The Balaban J connectivity index is 0.962. The molecule has 1 unspecified atom stereocenters. The van der Waals surface area contributed by atoms with E-state index in [1.165, 1.54) is 31.8 Å². The zero-order valence-electron chi connectivity index (χ0n) is 28.7. The van der Waals surface area contributed by atoms with Gasteiger partial charge in [-0.1, -0.05) is 40.5 Å². The normalized spacial score (nSPS) is 57.9. The standard InChI is InChI=1S/C40H60O5/c1-34(23-41)13-5-15-36(3)29(34)11-17-38-19-26(7-9-31(36)38)28(21-38)33(43)45-25-40(44)22-39-18-12-30-35(2,24-42)14-6-16-37(30,4)32(39)10-8-27(40)20-39/h23-24,26-32,44H,5-22,25H2,1-4H3/t26-,27-,28-,29-,30-,31+,32+,34+,35+,36-,37-,38-,39?,40-/m1/s1. The van der Waals surface area contributed by atoms with Crippen molar-refractivity contribution in [2.24, 2.45) is 73.9 Å². The highest BCUT2D eigenvalue weighted by atomic mass is 16.5. The van der Waals surface area contributed by atoms with Gasteiger partial charge in [0.25, 0.3) is 0 Å². The highest BCUT2D eigenvalue weighted by Gasteiger charge is 2.69. The van der Waals surface area contributed by atoms with Gasteiger partial charge >= 0.3 is 5.97 Å². The second kappa shape index (κ2) is 9.91. The Bertz CT molecular complexity index is 1260. The molecule has 14 atom stereocenters. The lowest BCUT2D eigenvalue weighted by Crippen LogP contribution is -2.56. The number of hydrogen-bond acceptors (Lipinski definition) is 5. The lowest BCUT2D eigenvalue weighted by molar-refractivity contribution is -0.162. The van der Waals surface area contributed by atoms with Crippen molar-refractivity contribution in [1.29, 1.82) is 0 Å². The Morgan fingerprint density at radius 2 is 1.27 bits per heavy atom. The molecule has 0 radical (unpaired) electrons. The van der Waals surface area contributed by atoms with Crippen LogP contribution < -0.4 is 0 Å².